The molecule has 2 aliphatic rings. The van der Waals surface area contributed by atoms with Crippen LogP contribution < -0.4 is 5.32 Å². The summed E-state index contributed by atoms with van der Waals surface area (Å²) < 4.78 is 0. The van der Waals surface area contributed by atoms with Crippen LogP contribution in [-0.4, -0.2) is 6.04 Å². The third kappa shape index (κ3) is 3.39. The number of aryl methyl sites for hydroxylation is 1. The Morgan fingerprint density at radius 2 is 1.74 bits per heavy atom. The number of hydrogen-bond donors (Lipinski definition) is 1. The Labute approximate surface area is 117 Å². The van der Waals surface area contributed by atoms with Crippen LogP contribution in [0.5, 0.6) is 0 Å². The van der Waals surface area contributed by atoms with Crippen molar-refractivity contribution < 1.29 is 0 Å². The Morgan fingerprint density at radius 3 is 2.42 bits per heavy atom. The van der Waals surface area contributed by atoms with Gasteiger partial charge in [-0.15, -0.1) is 0 Å². The Morgan fingerprint density at radius 1 is 1.00 bits per heavy atom. The highest BCUT2D eigenvalue weighted by atomic mass is 14.9. The van der Waals surface area contributed by atoms with Gasteiger partial charge < -0.3 is 5.32 Å². The van der Waals surface area contributed by atoms with Gasteiger partial charge in [0.05, 0.1) is 0 Å². The second-order valence-corrected chi connectivity index (χ2v) is 6.76. The van der Waals surface area contributed by atoms with E-state index in [2.05, 4.69) is 43.4 Å². The molecule has 0 aromatic heterocycles. The van der Waals surface area contributed by atoms with Crippen LogP contribution >= 0.6 is 0 Å². The fourth-order valence-corrected chi connectivity index (χ4v) is 3.68. The molecule has 1 nitrogen and oxygen atoms in total. The lowest BCUT2D eigenvalue weighted by Crippen LogP contribution is -2.36. The van der Waals surface area contributed by atoms with Gasteiger partial charge >= 0.3 is 0 Å². The first-order valence-electron chi connectivity index (χ1n) is 8.05. The number of hydrogen-bond acceptors (Lipinski definition) is 1. The zero-order chi connectivity index (χ0) is 13.2. The quantitative estimate of drug-likeness (QED) is 0.830. The summed E-state index contributed by atoms with van der Waals surface area (Å²) in [6.07, 6.45) is 8.72. The molecular weight excluding hydrogens is 230 g/mol. The van der Waals surface area contributed by atoms with Crippen molar-refractivity contribution in [3.63, 3.8) is 0 Å². The maximum Gasteiger partial charge on any atom is 0.0294 e. The third-order valence-corrected chi connectivity index (χ3v) is 5.07. The van der Waals surface area contributed by atoms with Crippen LogP contribution in [0.15, 0.2) is 24.3 Å². The first kappa shape index (κ1) is 13.2. The van der Waals surface area contributed by atoms with E-state index in [1.165, 1.54) is 49.7 Å². The molecule has 1 aromatic rings. The van der Waals surface area contributed by atoms with Gasteiger partial charge in [-0.25, -0.2) is 0 Å². The van der Waals surface area contributed by atoms with Crippen LogP contribution in [-0.2, 0) is 0 Å². The monoisotopic (exact) mass is 257 g/mol. The molecule has 2 unspecified atom stereocenters. The molecule has 3 atom stereocenters. The van der Waals surface area contributed by atoms with Gasteiger partial charge in [0.25, 0.3) is 0 Å². The summed E-state index contributed by atoms with van der Waals surface area (Å²) in [5, 5.41) is 3.87. The Kier molecular flexibility index (Phi) is 3.93. The van der Waals surface area contributed by atoms with Crippen molar-refractivity contribution in [2.45, 2.75) is 64.5 Å². The molecule has 0 spiro atoms. The van der Waals surface area contributed by atoms with Gasteiger partial charge in [0.2, 0.25) is 0 Å². The molecule has 1 aromatic carbocycles. The fraction of sp³-hybridized carbons (Fsp3) is 0.667. The molecule has 2 fully saturated rings. The highest BCUT2D eigenvalue weighted by Gasteiger charge is 2.34. The normalized spacial score (nSPS) is 29.2. The summed E-state index contributed by atoms with van der Waals surface area (Å²) in [5.74, 6) is 2.11. The van der Waals surface area contributed by atoms with Crippen molar-refractivity contribution in [3.05, 3.63) is 35.4 Å². The van der Waals surface area contributed by atoms with Crippen LogP contribution in [0.3, 0.4) is 0 Å². The smallest absolute Gasteiger partial charge is 0.0294 e. The molecule has 19 heavy (non-hydrogen) atoms. The lowest BCUT2D eigenvalue weighted by molar-refractivity contribution is 0.249. The maximum atomic E-state index is 3.87. The molecule has 0 aliphatic heterocycles. The maximum absolute atomic E-state index is 3.87. The molecule has 1 heteroatoms. The van der Waals surface area contributed by atoms with Gasteiger partial charge in [-0.1, -0.05) is 42.7 Å². The summed E-state index contributed by atoms with van der Waals surface area (Å²) in [5.41, 5.74) is 2.78. The van der Waals surface area contributed by atoms with E-state index in [9.17, 15) is 0 Å². The average Bonchev–Trinajstić information content (AvgIpc) is 3.24. The Bertz CT molecular complexity index is 404. The second kappa shape index (κ2) is 5.66. The molecule has 0 radical (unpaired) electrons. The van der Waals surface area contributed by atoms with Crippen LogP contribution in [0.1, 0.15) is 62.6 Å². The van der Waals surface area contributed by atoms with Crippen LogP contribution in [0.4, 0.5) is 0 Å². The van der Waals surface area contributed by atoms with Gasteiger partial charge in [0.15, 0.2) is 0 Å². The molecule has 0 saturated heterocycles. The first-order valence-corrected chi connectivity index (χ1v) is 8.05. The van der Waals surface area contributed by atoms with E-state index < -0.39 is 0 Å². The summed E-state index contributed by atoms with van der Waals surface area (Å²) >= 11 is 0. The minimum absolute atomic E-state index is 0.489. The number of rotatable bonds is 4. The van der Waals surface area contributed by atoms with Crippen molar-refractivity contribution in [1.82, 2.24) is 5.32 Å². The van der Waals surface area contributed by atoms with E-state index in [0.29, 0.717) is 6.04 Å². The molecule has 0 amide bonds. The molecule has 1 N–H and O–H groups in total. The molecular formula is C18H27N. The number of nitrogens with one attached hydrogen (secondary N) is 1. The molecule has 0 heterocycles. The SMILES string of the molecule is Cc1ccc([C@H](C)NC2CCCC(C3CC3)C2)cc1. The summed E-state index contributed by atoms with van der Waals surface area (Å²) in [6.45, 7) is 4.47. The number of benzene rings is 1. The van der Waals surface area contributed by atoms with Gasteiger partial charge in [-0.3, -0.25) is 0 Å². The second-order valence-electron chi connectivity index (χ2n) is 6.76. The van der Waals surface area contributed by atoms with Gasteiger partial charge in [0.1, 0.15) is 0 Å². The minimum Gasteiger partial charge on any atom is -0.307 e. The standard InChI is InChI=1S/C18H27N/c1-13-6-8-15(9-7-13)14(2)19-18-5-3-4-17(12-18)16-10-11-16/h6-9,14,16-19H,3-5,10-12H2,1-2H3/t14-,17?,18?/m0/s1. The lowest BCUT2D eigenvalue weighted by Gasteiger charge is -2.32. The molecule has 104 valence electrons. The van der Waals surface area contributed by atoms with E-state index in [0.717, 1.165) is 17.9 Å². The predicted octanol–water partition coefficient (Wildman–Crippen LogP) is 4.61. The molecule has 2 aliphatic carbocycles. The zero-order valence-electron chi connectivity index (χ0n) is 12.4. The molecule has 0 bridgehead atoms. The fourth-order valence-electron chi connectivity index (χ4n) is 3.68. The van der Waals surface area contributed by atoms with Crippen molar-refractivity contribution in [2.24, 2.45) is 11.8 Å². The van der Waals surface area contributed by atoms with E-state index in [4.69, 9.17) is 0 Å². The van der Waals surface area contributed by atoms with E-state index in [1.807, 2.05) is 0 Å². The Hall–Kier alpha value is -0.820. The molecule has 2 saturated carbocycles. The summed E-state index contributed by atoms with van der Waals surface area (Å²) in [7, 11) is 0. The van der Waals surface area contributed by atoms with Crippen molar-refractivity contribution in [2.75, 3.05) is 0 Å². The predicted molar refractivity (Wildman–Crippen MR) is 81.2 cm³/mol. The zero-order valence-corrected chi connectivity index (χ0v) is 12.4. The Balaban J connectivity index is 1.56. The summed E-state index contributed by atoms with van der Waals surface area (Å²) in [6, 6.07) is 10.2. The van der Waals surface area contributed by atoms with Crippen molar-refractivity contribution >= 4 is 0 Å². The van der Waals surface area contributed by atoms with Crippen LogP contribution in [0.25, 0.3) is 0 Å². The lowest BCUT2D eigenvalue weighted by atomic mass is 9.82. The summed E-state index contributed by atoms with van der Waals surface area (Å²) in [4.78, 5) is 0. The average molecular weight is 257 g/mol. The van der Waals surface area contributed by atoms with Crippen molar-refractivity contribution in [1.29, 1.82) is 0 Å². The topological polar surface area (TPSA) is 12.0 Å². The van der Waals surface area contributed by atoms with Gasteiger partial charge in [0, 0.05) is 12.1 Å². The molecule has 3 rings (SSSR count). The highest BCUT2D eigenvalue weighted by Crippen LogP contribution is 2.44. The first-order chi connectivity index (χ1) is 9.22. The third-order valence-electron chi connectivity index (χ3n) is 5.07. The van der Waals surface area contributed by atoms with E-state index >= 15 is 0 Å². The van der Waals surface area contributed by atoms with Crippen molar-refractivity contribution in [3.8, 4) is 0 Å². The largest absolute Gasteiger partial charge is 0.307 e. The van der Waals surface area contributed by atoms with Crippen LogP contribution in [0.2, 0.25) is 0 Å². The van der Waals surface area contributed by atoms with Gasteiger partial charge in [-0.2, -0.15) is 0 Å². The van der Waals surface area contributed by atoms with Crippen LogP contribution in [0, 0.1) is 18.8 Å². The highest BCUT2D eigenvalue weighted by molar-refractivity contribution is 5.23. The van der Waals surface area contributed by atoms with E-state index in [1.54, 1.807) is 0 Å². The van der Waals surface area contributed by atoms with E-state index in [-0.39, 0.29) is 0 Å². The van der Waals surface area contributed by atoms with Gasteiger partial charge in [-0.05, 0) is 56.9 Å². The minimum atomic E-state index is 0.489.